The summed E-state index contributed by atoms with van der Waals surface area (Å²) in [7, 11) is 1.50. The van der Waals surface area contributed by atoms with Crippen molar-refractivity contribution in [3.05, 3.63) is 56.1 Å². The second-order valence-electron chi connectivity index (χ2n) is 5.57. The molecular formula is C19H14BrClO6. The van der Waals surface area contributed by atoms with Crippen molar-refractivity contribution in [2.75, 3.05) is 13.7 Å². The largest absolute Gasteiger partial charge is 0.496 e. The summed E-state index contributed by atoms with van der Waals surface area (Å²) in [6.07, 6.45) is -0.170. The van der Waals surface area contributed by atoms with Crippen molar-refractivity contribution >= 4 is 44.5 Å². The van der Waals surface area contributed by atoms with E-state index in [4.69, 9.17) is 30.6 Å². The number of hydrogen-bond acceptors (Lipinski definition) is 5. The van der Waals surface area contributed by atoms with Gasteiger partial charge in [-0.15, -0.1) is 0 Å². The molecule has 3 aromatic rings. The molecular weight excluding hydrogens is 440 g/mol. The van der Waals surface area contributed by atoms with Crippen molar-refractivity contribution in [1.29, 1.82) is 0 Å². The van der Waals surface area contributed by atoms with Gasteiger partial charge in [-0.25, -0.2) is 0 Å². The van der Waals surface area contributed by atoms with E-state index in [1.807, 2.05) is 0 Å². The number of benzene rings is 2. The van der Waals surface area contributed by atoms with E-state index in [0.717, 1.165) is 0 Å². The molecule has 0 radical (unpaired) electrons. The lowest BCUT2D eigenvalue weighted by molar-refractivity contribution is -0.137. The molecule has 0 saturated heterocycles. The highest BCUT2D eigenvalue weighted by molar-refractivity contribution is 9.10. The minimum absolute atomic E-state index is 0.0420. The zero-order valence-corrected chi connectivity index (χ0v) is 16.5. The molecule has 2 aromatic carbocycles. The van der Waals surface area contributed by atoms with E-state index in [0.29, 0.717) is 31.9 Å². The minimum Gasteiger partial charge on any atom is -0.496 e. The number of para-hydroxylation sites is 1. The average Bonchev–Trinajstić information content (AvgIpc) is 2.62. The summed E-state index contributed by atoms with van der Waals surface area (Å²) in [4.78, 5) is 23.2. The Morgan fingerprint density at radius 3 is 2.74 bits per heavy atom. The summed E-state index contributed by atoms with van der Waals surface area (Å²) in [5.41, 5.74) is 0.450. The lowest BCUT2D eigenvalue weighted by Crippen LogP contribution is -2.06. The predicted molar refractivity (Wildman–Crippen MR) is 105 cm³/mol. The third-order valence-corrected chi connectivity index (χ3v) is 4.72. The average molecular weight is 454 g/mol. The number of aliphatic carboxylic acids is 1. The van der Waals surface area contributed by atoms with E-state index in [2.05, 4.69) is 15.9 Å². The summed E-state index contributed by atoms with van der Waals surface area (Å²) in [5.74, 6) is 0.0980. The van der Waals surface area contributed by atoms with Crippen LogP contribution in [0.5, 0.6) is 11.5 Å². The number of carboxylic acid groups (broad SMARTS) is 1. The van der Waals surface area contributed by atoms with Crippen LogP contribution in [-0.2, 0) is 4.79 Å². The van der Waals surface area contributed by atoms with E-state index in [-0.39, 0.29) is 29.8 Å². The maximum absolute atomic E-state index is 12.5. The zero-order valence-electron chi connectivity index (χ0n) is 14.1. The van der Waals surface area contributed by atoms with Gasteiger partial charge in [0, 0.05) is 6.07 Å². The Labute approximate surface area is 167 Å². The van der Waals surface area contributed by atoms with E-state index in [1.165, 1.54) is 13.2 Å². The molecule has 3 rings (SSSR count). The monoisotopic (exact) mass is 452 g/mol. The first-order chi connectivity index (χ1) is 12.9. The van der Waals surface area contributed by atoms with Gasteiger partial charge in [0.1, 0.15) is 17.3 Å². The van der Waals surface area contributed by atoms with E-state index in [9.17, 15) is 9.59 Å². The van der Waals surface area contributed by atoms with Crippen LogP contribution >= 0.6 is 27.5 Å². The van der Waals surface area contributed by atoms with Crippen molar-refractivity contribution in [1.82, 2.24) is 0 Å². The number of hydrogen-bond donors (Lipinski definition) is 1. The lowest BCUT2D eigenvalue weighted by atomic mass is 10.1. The molecule has 0 saturated carbocycles. The van der Waals surface area contributed by atoms with Gasteiger partial charge in [-0.1, -0.05) is 17.7 Å². The SMILES string of the molecule is COc1cc(-c2cc(=O)c3cccc(Cl)c3o2)c(OCCC(=O)O)cc1Br. The van der Waals surface area contributed by atoms with Crippen molar-refractivity contribution in [3.8, 4) is 22.8 Å². The van der Waals surface area contributed by atoms with Crippen LogP contribution in [0.1, 0.15) is 6.42 Å². The molecule has 0 bridgehead atoms. The Balaban J connectivity index is 2.17. The Bertz CT molecular complexity index is 1080. The molecule has 27 heavy (non-hydrogen) atoms. The summed E-state index contributed by atoms with van der Waals surface area (Å²) < 4.78 is 17.4. The molecule has 0 unspecified atom stereocenters. The van der Waals surface area contributed by atoms with Gasteiger partial charge in [0.15, 0.2) is 11.0 Å². The van der Waals surface area contributed by atoms with Gasteiger partial charge in [-0.3, -0.25) is 9.59 Å². The fourth-order valence-corrected chi connectivity index (χ4v) is 3.22. The van der Waals surface area contributed by atoms with E-state index in [1.54, 1.807) is 30.3 Å². The van der Waals surface area contributed by atoms with Crippen LogP contribution in [0.2, 0.25) is 5.02 Å². The van der Waals surface area contributed by atoms with Gasteiger partial charge < -0.3 is 19.0 Å². The smallest absolute Gasteiger partial charge is 0.306 e. The maximum Gasteiger partial charge on any atom is 0.306 e. The number of fused-ring (bicyclic) bond motifs is 1. The number of carboxylic acids is 1. The summed E-state index contributed by atoms with van der Waals surface area (Å²) in [5, 5.41) is 9.49. The lowest BCUT2D eigenvalue weighted by Gasteiger charge is -2.14. The first-order valence-electron chi connectivity index (χ1n) is 7.85. The predicted octanol–water partition coefficient (Wildman–Crippen LogP) is 4.74. The summed E-state index contributed by atoms with van der Waals surface area (Å²) in [6.45, 7) is -0.0420. The third-order valence-electron chi connectivity index (χ3n) is 3.80. The van der Waals surface area contributed by atoms with Gasteiger partial charge >= 0.3 is 5.97 Å². The van der Waals surface area contributed by atoms with Crippen LogP contribution in [0.15, 0.2) is 50.1 Å². The van der Waals surface area contributed by atoms with Crippen molar-refractivity contribution in [2.45, 2.75) is 6.42 Å². The highest BCUT2D eigenvalue weighted by Crippen LogP contribution is 2.39. The number of methoxy groups -OCH3 is 1. The standard InChI is InChI=1S/C19H14BrClO6/c1-25-17-7-11(15(8-12(17)20)26-6-5-18(23)24)16-9-14(22)10-3-2-4-13(21)19(10)27-16/h2-4,7-9H,5-6H2,1H3,(H,23,24). The molecule has 0 spiro atoms. The molecule has 1 N–H and O–H groups in total. The number of ether oxygens (including phenoxy) is 2. The van der Waals surface area contributed by atoms with Crippen LogP contribution in [0.3, 0.4) is 0 Å². The van der Waals surface area contributed by atoms with Gasteiger partial charge in [-0.05, 0) is 40.2 Å². The first kappa shape index (κ1) is 19.3. The molecule has 0 aliphatic heterocycles. The summed E-state index contributed by atoms with van der Waals surface area (Å²) >= 11 is 9.54. The Kier molecular flexibility index (Phi) is 5.72. The molecule has 6 nitrogen and oxygen atoms in total. The van der Waals surface area contributed by atoms with Gasteiger partial charge in [0.05, 0.1) is 40.6 Å². The van der Waals surface area contributed by atoms with Crippen molar-refractivity contribution in [3.63, 3.8) is 0 Å². The number of halogens is 2. The molecule has 1 heterocycles. The normalized spacial score (nSPS) is 10.8. The highest BCUT2D eigenvalue weighted by atomic mass is 79.9. The molecule has 0 atom stereocenters. The number of rotatable bonds is 6. The zero-order chi connectivity index (χ0) is 19.6. The minimum atomic E-state index is -0.979. The Hall–Kier alpha value is -2.51. The molecule has 0 aliphatic carbocycles. The molecule has 0 aliphatic rings. The molecule has 1 aromatic heterocycles. The Morgan fingerprint density at radius 1 is 1.26 bits per heavy atom. The quantitative estimate of drug-likeness (QED) is 0.580. The fraction of sp³-hybridized carbons (Fsp3) is 0.158. The van der Waals surface area contributed by atoms with E-state index < -0.39 is 5.97 Å². The third kappa shape index (κ3) is 4.09. The van der Waals surface area contributed by atoms with Crippen molar-refractivity contribution < 1.29 is 23.8 Å². The second kappa shape index (κ2) is 8.02. The van der Waals surface area contributed by atoms with E-state index >= 15 is 0 Å². The topological polar surface area (TPSA) is 86.0 Å². The first-order valence-corrected chi connectivity index (χ1v) is 9.02. The van der Waals surface area contributed by atoms with Crippen LogP contribution in [0.4, 0.5) is 0 Å². The van der Waals surface area contributed by atoms with Crippen LogP contribution in [0, 0.1) is 0 Å². The van der Waals surface area contributed by atoms with Gasteiger partial charge in [0.25, 0.3) is 0 Å². The fourth-order valence-electron chi connectivity index (χ4n) is 2.53. The maximum atomic E-state index is 12.5. The van der Waals surface area contributed by atoms with Gasteiger partial charge in [-0.2, -0.15) is 0 Å². The van der Waals surface area contributed by atoms with Crippen LogP contribution < -0.4 is 14.9 Å². The molecule has 0 amide bonds. The van der Waals surface area contributed by atoms with Crippen molar-refractivity contribution in [2.24, 2.45) is 0 Å². The van der Waals surface area contributed by atoms with Crippen LogP contribution in [0.25, 0.3) is 22.3 Å². The highest BCUT2D eigenvalue weighted by Gasteiger charge is 2.17. The molecule has 8 heteroatoms. The summed E-state index contributed by atoms with van der Waals surface area (Å²) in [6, 6.07) is 9.54. The number of carbonyl (C=O) groups is 1. The van der Waals surface area contributed by atoms with Gasteiger partial charge in [0.2, 0.25) is 0 Å². The molecule has 140 valence electrons. The van der Waals surface area contributed by atoms with Crippen LogP contribution in [-0.4, -0.2) is 24.8 Å². The molecule has 0 fully saturated rings. The Morgan fingerprint density at radius 2 is 2.04 bits per heavy atom. The second-order valence-corrected chi connectivity index (χ2v) is 6.83.